The molecule has 0 heterocycles. The van der Waals surface area contributed by atoms with Crippen LogP contribution in [0.15, 0.2) is 0 Å². The molecular weight excluding hydrogens is 284 g/mol. The zero-order valence-electron chi connectivity index (χ0n) is 11.4. The van der Waals surface area contributed by atoms with Crippen molar-refractivity contribution in [3.8, 4) is 0 Å². The maximum Gasteiger partial charge on any atom is 0.323 e. The molecule has 1 rings (SSSR count). The second kappa shape index (κ2) is 7.98. The molecule has 2 unspecified atom stereocenters. The van der Waals surface area contributed by atoms with Crippen LogP contribution in [0, 0.1) is 0 Å². The summed E-state index contributed by atoms with van der Waals surface area (Å²) in [6.45, 7) is -1.23. The average molecular weight is 304 g/mol. The molecule has 1 fully saturated rings. The van der Waals surface area contributed by atoms with Crippen LogP contribution in [-0.4, -0.2) is 63.7 Å². The quantitative estimate of drug-likeness (QED) is 0.671. The second-order valence-electron chi connectivity index (χ2n) is 4.81. The SMILES string of the molecule is CSC1CCCC(NC(=O)N(CC(=O)O)CC(=O)O)C1. The minimum Gasteiger partial charge on any atom is -0.480 e. The molecule has 0 saturated heterocycles. The molecule has 0 radical (unpaired) electrons. The number of hydrogen-bond acceptors (Lipinski definition) is 4. The van der Waals surface area contributed by atoms with Crippen LogP contribution in [0.3, 0.4) is 0 Å². The van der Waals surface area contributed by atoms with E-state index < -0.39 is 31.1 Å². The third-order valence-electron chi connectivity index (χ3n) is 3.23. The lowest BCUT2D eigenvalue weighted by molar-refractivity contribution is -0.140. The van der Waals surface area contributed by atoms with Gasteiger partial charge in [0.05, 0.1) is 0 Å². The zero-order valence-corrected chi connectivity index (χ0v) is 12.2. The number of carbonyl (C=O) groups is 3. The van der Waals surface area contributed by atoms with Crippen LogP contribution in [0.1, 0.15) is 25.7 Å². The van der Waals surface area contributed by atoms with Gasteiger partial charge in [-0.3, -0.25) is 9.59 Å². The number of carboxylic acids is 2. The molecular formula is C12H20N2O5S. The fourth-order valence-corrected chi connectivity index (χ4v) is 3.11. The number of aliphatic carboxylic acids is 2. The van der Waals surface area contributed by atoms with E-state index >= 15 is 0 Å². The van der Waals surface area contributed by atoms with Gasteiger partial charge < -0.3 is 20.4 Å². The van der Waals surface area contributed by atoms with Gasteiger partial charge >= 0.3 is 18.0 Å². The highest BCUT2D eigenvalue weighted by Gasteiger charge is 2.26. The number of urea groups is 1. The van der Waals surface area contributed by atoms with Gasteiger partial charge in [-0.15, -0.1) is 0 Å². The Morgan fingerprint density at radius 2 is 1.80 bits per heavy atom. The fourth-order valence-electron chi connectivity index (χ4n) is 2.28. The number of amides is 2. The summed E-state index contributed by atoms with van der Waals surface area (Å²) in [7, 11) is 0. The van der Waals surface area contributed by atoms with Gasteiger partial charge in [-0.1, -0.05) is 6.42 Å². The van der Waals surface area contributed by atoms with Gasteiger partial charge in [-0.25, -0.2) is 4.79 Å². The van der Waals surface area contributed by atoms with E-state index in [1.165, 1.54) is 0 Å². The van der Waals surface area contributed by atoms with E-state index in [0.717, 1.165) is 30.6 Å². The maximum absolute atomic E-state index is 12.0. The van der Waals surface area contributed by atoms with Gasteiger partial charge in [-0.05, 0) is 25.5 Å². The van der Waals surface area contributed by atoms with Crippen LogP contribution in [0.25, 0.3) is 0 Å². The molecule has 114 valence electrons. The Morgan fingerprint density at radius 3 is 2.30 bits per heavy atom. The first-order valence-corrected chi connectivity index (χ1v) is 7.73. The Bertz CT molecular complexity index is 361. The number of rotatable bonds is 6. The van der Waals surface area contributed by atoms with Crippen LogP contribution >= 0.6 is 11.8 Å². The molecule has 2 atom stereocenters. The molecule has 0 bridgehead atoms. The third-order valence-corrected chi connectivity index (χ3v) is 4.32. The van der Waals surface area contributed by atoms with Crippen LogP contribution in [-0.2, 0) is 9.59 Å². The first kappa shape index (κ1) is 16.6. The molecule has 0 aliphatic heterocycles. The van der Waals surface area contributed by atoms with Crippen molar-refractivity contribution in [2.75, 3.05) is 19.3 Å². The molecule has 8 heteroatoms. The van der Waals surface area contributed by atoms with Gasteiger partial charge in [0.2, 0.25) is 0 Å². The molecule has 2 amide bonds. The minimum atomic E-state index is -1.23. The lowest BCUT2D eigenvalue weighted by atomic mass is 9.95. The summed E-state index contributed by atoms with van der Waals surface area (Å²) < 4.78 is 0. The van der Waals surface area contributed by atoms with E-state index in [4.69, 9.17) is 10.2 Å². The summed E-state index contributed by atoms with van der Waals surface area (Å²) in [5.74, 6) is -2.46. The number of carbonyl (C=O) groups excluding carboxylic acids is 1. The van der Waals surface area contributed by atoms with E-state index in [9.17, 15) is 14.4 Å². The summed E-state index contributed by atoms with van der Waals surface area (Å²) in [6.07, 6.45) is 5.82. The molecule has 7 nitrogen and oxygen atoms in total. The summed E-state index contributed by atoms with van der Waals surface area (Å²) >= 11 is 1.75. The van der Waals surface area contributed by atoms with Gasteiger partial charge in [0, 0.05) is 11.3 Å². The van der Waals surface area contributed by atoms with Gasteiger partial charge in [0.25, 0.3) is 0 Å². The van der Waals surface area contributed by atoms with Crippen molar-refractivity contribution in [2.24, 2.45) is 0 Å². The molecule has 3 N–H and O–H groups in total. The largest absolute Gasteiger partial charge is 0.480 e. The molecule has 1 saturated carbocycles. The number of thioether (sulfide) groups is 1. The van der Waals surface area contributed by atoms with E-state index in [0.29, 0.717) is 5.25 Å². The van der Waals surface area contributed by atoms with Crippen molar-refractivity contribution in [3.63, 3.8) is 0 Å². The lowest BCUT2D eigenvalue weighted by Gasteiger charge is -2.30. The smallest absolute Gasteiger partial charge is 0.323 e. The molecule has 1 aliphatic rings. The van der Waals surface area contributed by atoms with Crippen LogP contribution in [0.2, 0.25) is 0 Å². The first-order valence-electron chi connectivity index (χ1n) is 6.44. The van der Waals surface area contributed by atoms with Gasteiger partial charge in [0.15, 0.2) is 0 Å². The van der Waals surface area contributed by atoms with Crippen molar-refractivity contribution in [2.45, 2.75) is 37.0 Å². The molecule has 0 aromatic heterocycles. The van der Waals surface area contributed by atoms with E-state index in [1.54, 1.807) is 11.8 Å². The van der Waals surface area contributed by atoms with Crippen LogP contribution < -0.4 is 5.32 Å². The van der Waals surface area contributed by atoms with Crippen molar-refractivity contribution < 1.29 is 24.6 Å². The molecule has 0 aromatic carbocycles. The highest BCUT2D eigenvalue weighted by Crippen LogP contribution is 2.26. The normalized spacial score (nSPS) is 22.1. The minimum absolute atomic E-state index is 0.0150. The Balaban J connectivity index is 2.55. The maximum atomic E-state index is 12.0. The van der Waals surface area contributed by atoms with Crippen molar-refractivity contribution >= 4 is 29.7 Å². The highest BCUT2D eigenvalue weighted by molar-refractivity contribution is 7.99. The highest BCUT2D eigenvalue weighted by atomic mass is 32.2. The van der Waals surface area contributed by atoms with Crippen LogP contribution in [0.4, 0.5) is 4.79 Å². The standard InChI is InChI=1S/C12H20N2O5S/c1-20-9-4-2-3-8(5-9)13-12(19)14(6-10(15)16)7-11(17)18/h8-9H,2-7H2,1H3,(H,13,19)(H,15,16)(H,17,18). The topological polar surface area (TPSA) is 107 Å². The van der Waals surface area contributed by atoms with Crippen molar-refractivity contribution in [1.29, 1.82) is 0 Å². The Kier molecular flexibility index (Phi) is 6.63. The number of nitrogens with one attached hydrogen (secondary N) is 1. The lowest BCUT2D eigenvalue weighted by Crippen LogP contribution is -2.49. The monoisotopic (exact) mass is 304 g/mol. The summed E-state index contributed by atoms with van der Waals surface area (Å²) in [5, 5.41) is 20.7. The summed E-state index contributed by atoms with van der Waals surface area (Å²) in [4.78, 5) is 34.1. The van der Waals surface area contributed by atoms with Crippen molar-refractivity contribution in [1.82, 2.24) is 10.2 Å². The van der Waals surface area contributed by atoms with E-state index in [1.807, 2.05) is 6.26 Å². The predicted molar refractivity (Wildman–Crippen MR) is 74.9 cm³/mol. The fraction of sp³-hybridized carbons (Fsp3) is 0.750. The predicted octanol–water partition coefficient (Wildman–Crippen LogP) is 0.841. The molecule has 20 heavy (non-hydrogen) atoms. The van der Waals surface area contributed by atoms with E-state index in [-0.39, 0.29) is 6.04 Å². The summed E-state index contributed by atoms with van der Waals surface area (Å²) in [6, 6.07) is -0.639. The Morgan fingerprint density at radius 1 is 1.20 bits per heavy atom. The average Bonchev–Trinajstić information content (AvgIpc) is 2.37. The molecule has 1 aliphatic carbocycles. The van der Waals surface area contributed by atoms with Gasteiger partial charge in [-0.2, -0.15) is 11.8 Å². The third kappa shape index (κ3) is 5.68. The Labute approximate surface area is 121 Å². The number of carboxylic acid groups (broad SMARTS) is 2. The van der Waals surface area contributed by atoms with E-state index in [2.05, 4.69) is 5.32 Å². The zero-order chi connectivity index (χ0) is 15.1. The number of nitrogens with zero attached hydrogens (tertiary/aromatic N) is 1. The summed E-state index contributed by atoms with van der Waals surface area (Å²) in [5.41, 5.74) is 0. The van der Waals surface area contributed by atoms with Gasteiger partial charge in [0.1, 0.15) is 13.1 Å². The molecule has 0 spiro atoms. The van der Waals surface area contributed by atoms with Crippen molar-refractivity contribution in [3.05, 3.63) is 0 Å². The first-order chi connectivity index (χ1) is 9.42. The molecule has 0 aromatic rings. The second-order valence-corrected chi connectivity index (χ2v) is 5.95. The Hall–Kier alpha value is -1.44. The van der Waals surface area contributed by atoms with Crippen LogP contribution in [0.5, 0.6) is 0 Å². The number of hydrogen-bond donors (Lipinski definition) is 3.